The first-order valence-corrected chi connectivity index (χ1v) is 12.8. The number of aromatic nitrogens is 5. The molecule has 13 heteroatoms. The first kappa shape index (κ1) is 24.0. The highest BCUT2D eigenvalue weighted by Gasteiger charge is 2.22. The largest absolute Gasteiger partial charge is 0.491 e. The molecule has 0 amide bonds. The van der Waals surface area contributed by atoms with Crippen molar-refractivity contribution >= 4 is 46.0 Å². The van der Waals surface area contributed by atoms with E-state index in [9.17, 15) is 9.59 Å². The minimum absolute atomic E-state index is 0.0317. The van der Waals surface area contributed by atoms with Crippen LogP contribution in [-0.2, 0) is 19.5 Å². The molecule has 0 bridgehead atoms. The number of anilines is 1. The normalized spacial score (nSPS) is 11.1. The number of hydrogen-bond donors (Lipinski definition) is 1. The third-order valence-electron chi connectivity index (χ3n) is 5.30. The number of methoxy groups -OCH3 is 1. The minimum atomic E-state index is -0.502. The van der Waals surface area contributed by atoms with E-state index in [1.54, 1.807) is 34.5 Å². The Bertz CT molecular complexity index is 1540. The van der Waals surface area contributed by atoms with E-state index < -0.39 is 5.91 Å². The molecule has 0 radical (unpaired) electrons. The Morgan fingerprint density at radius 1 is 1.19 bits per heavy atom. The molecule has 0 spiro atoms. The maximum atomic E-state index is 13.2. The molecule has 0 fully saturated rings. The molecule has 0 aliphatic heterocycles. The molecule has 0 saturated carbocycles. The average molecular weight is 543 g/mol. The van der Waals surface area contributed by atoms with Crippen molar-refractivity contribution in [2.24, 2.45) is 0 Å². The molecular weight excluding hydrogens is 524 g/mol. The van der Waals surface area contributed by atoms with Crippen LogP contribution in [0.15, 0.2) is 63.8 Å². The number of carbonyl (C=O) groups is 1. The first-order chi connectivity index (χ1) is 17.5. The fraction of sp³-hybridized carbons (Fsp3) is 0.174. The van der Waals surface area contributed by atoms with Gasteiger partial charge < -0.3 is 19.0 Å². The highest BCUT2D eigenvalue weighted by Crippen LogP contribution is 2.26. The second kappa shape index (κ2) is 10.5. The number of nitrogens with zero attached hydrogens (tertiary/aromatic N) is 5. The Morgan fingerprint density at radius 2 is 2.08 bits per heavy atom. The lowest BCUT2D eigenvalue weighted by Gasteiger charge is -2.12. The quantitative estimate of drug-likeness (QED) is 0.291. The zero-order valence-corrected chi connectivity index (χ0v) is 21.3. The Morgan fingerprint density at radius 3 is 2.78 bits per heavy atom. The van der Waals surface area contributed by atoms with Gasteiger partial charge >= 0.3 is 5.91 Å². The number of carbonyl (C=O) groups excluding carboxylic acids is 1. The van der Waals surface area contributed by atoms with Gasteiger partial charge in [-0.3, -0.25) is 14.6 Å². The molecule has 5 aromatic heterocycles. The van der Waals surface area contributed by atoms with Gasteiger partial charge in [-0.1, -0.05) is 11.6 Å². The molecule has 0 unspecified atom stereocenters. The predicted octanol–water partition coefficient (Wildman–Crippen LogP) is 4.42. The predicted molar refractivity (Wildman–Crippen MR) is 137 cm³/mol. The van der Waals surface area contributed by atoms with E-state index in [4.69, 9.17) is 20.8 Å². The summed E-state index contributed by atoms with van der Waals surface area (Å²) in [6.07, 6.45) is 4.88. The summed E-state index contributed by atoms with van der Waals surface area (Å²) < 4.78 is 13.9. The van der Waals surface area contributed by atoms with Gasteiger partial charge in [-0.25, -0.2) is 4.98 Å². The molecule has 0 atom stereocenters. The summed E-state index contributed by atoms with van der Waals surface area (Å²) in [7, 11) is 1.45. The molecule has 5 heterocycles. The van der Waals surface area contributed by atoms with Gasteiger partial charge in [0.15, 0.2) is 12.1 Å². The zero-order chi connectivity index (χ0) is 25.1. The lowest BCUT2D eigenvalue weighted by molar-refractivity contribution is 0.0920. The third-order valence-corrected chi connectivity index (χ3v) is 7.37. The summed E-state index contributed by atoms with van der Waals surface area (Å²) in [4.78, 5) is 36.2. The molecule has 0 aliphatic carbocycles. The van der Waals surface area contributed by atoms with Crippen LogP contribution in [0.5, 0.6) is 5.75 Å². The molecule has 0 saturated heterocycles. The summed E-state index contributed by atoms with van der Waals surface area (Å²) in [5.74, 6) is 0.169. The van der Waals surface area contributed by atoms with Crippen LogP contribution in [0.1, 0.15) is 20.3 Å². The van der Waals surface area contributed by atoms with Crippen molar-refractivity contribution in [3.63, 3.8) is 0 Å². The van der Waals surface area contributed by atoms with E-state index in [1.807, 2.05) is 12.1 Å². The maximum Gasteiger partial charge on any atom is 0.317 e. The van der Waals surface area contributed by atoms with Crippen LogP contribution in [0, 0.1) is 0 Å². The Kier molecular flexibility index (Phi) is 6.98. The number of rotatable bonds is 9. The number of ether oxygens (including phenoxy) is 1. The van der Waals surface area contributed by atoms with Crippen molar-refractivity contribution in [3.05, 3.63) is 84.8 Å². The molecule has 0 aromatic carbocycles. The number of hydrogen-bond acceptors (Lipinski definition) is 10. The van der Waals surface area contributed by atoms with Crippen molar-refractivity contribution in [1.82, 2.24) is 24.3 Å². The molecule has 0 aliphatic rings. The molecule has 184 valence electrons. The zero-order valence-electron chi connectivity index (χ0n) is 18.9. The maximum absolute atomic E-state index is 13.2. The summed E-state index contributed by atoms with van der Waals surface area (Å²) in [5.41, 5.74) is 2.42. The van der Waals surface area contributed by atoms with Crippen LogP contribution in [0.2, 0.25) is 4.34 Å². The van der Waals surface area contributed by atoms with E-state index in [2.05, 4.69) is 20.4 Å². The Hall–Kier alpha value is -3.74. The van der Waals surface area contributed by atoms with Gasteiger partial charge in [0.25, 0.3) is 5.56 Å². The third kappa shape index (κ3) is 4.96. The molecule has 10 nitrogen and oxygen atoms in total. The van der Waals surface area contributed by atoms with E-state index in [-0.39, 0.29) is 17.1 Å². The van der Waals surface area contributed by atoms with Gasteiger partial charge in [-0.2, -0.15) is 9.78 Å². The van der Waals surface area contributed by atoms with Gasteiger partial charge in [0.1, 0.15) is 11.5 Å². The SMILES string of the molecule is COc1ccc(-c2cc(NCc3ccc(Cl)s3)n(C(=O)c3cnco3)n2)n(CCc2cncs2)c1=O. The van der Waals surface area contributed by atoms with Crippen molar-refractivity contribution < 1.29 is 13.9 Å². The molecule has 5 aromatic rings. The second-order valence-electron chi connectivity index (χ2n) is 7.52. The average Bonchev–Trinajstić information content (AvgIpc) is 3.69. The van der Waals surface area contributed by atoms with Crippen LogP contribution < -0.4 is 15.6 Å². The number of nitrogens with one attached hydrogen (secondary N) is 1. The van der Waals surface area contributed by atoms with Crippen molar-refractivity contribution in [3.8, 4) is 17.1 Å². The highest BCUT2D eigenvalue weighted by atomic mass is 35.5. The number of aryl methyl sites for hydroxylation is 1. The first-order valence-electron chi connectivity index (χ1n) is 10.7. The van der Waals surface area contributed by atoms with Gasteiger partial charge in [-0.15, -0.1) is 22.7 Å². The van der Waals surface area contributed by atoms with Crippen molar-refractivity contribution in [1.29, 1.82) is 0 Å². The van der Waals surface area contributed by atoms with Gasteiger partial charge in [0, 0.05) is 35.0 Å². The number of pyridine rings is 1. The Balaban J connectivity index is 1.54. The topological polar surface area (TPSA) is 117 Å². The van der Waals surface area contributed by atoms with Crippen LogP contribution in [0.4, 0.5) is 5.82 Å². The summed E-state index contributed by atoms with van der Waals surface area (Å²) in [6.45, 7) is 0.805. The molecule has 36 heavy (non-hydrogen) atoms. The van der Waals surface area contributed by atoms with Crippen molar-refractivity contribution in [2.75, 3.05) is 12.4 Å². The lowest BCUT2D eigenvalue weighted by atomic mass is 10.2. The van der Waals surface area contributed by atoms with E-state index in [0.29, 0.717) is 41.1 Å². The summed E-state index contributed by atoms with van der Waals surface area (Å²) in [5, 5.41) is 7.78. The van der Waals surface area contributed by atoms with Crippen molar-refractivity contribution in [2.45, 2.75) is 19.5 Å². The van der Waals surface area contributed by atoms with E-state index >= 15 is 0 Å². The van der Waals surface area contributed by atoms with Gasteiger partial charge in [0.2, 0.25) is 5.76 Å². The Labute approximate surface area is 217 Å². The van der Waals surface area contributed by atoms with Crippen LogP contribution in [0.25, 0.3) is 11.4 Å². The monoisotopic (exact) mass is 542 g/mol. The lowest BCUT2D eigenvalue weighted by Crippen LogP contribution is -2.24. The van der Waals surface area contributed by atoms with Crippen LogP contribution in [0.3, 0.4) is 0 Å². The summed E-state index contributed by atoms with van der Waals surface area (Å²) in [6, 6.07) is 8.78. The molecular formula is C23H19ClN6O4S2. The van der Waals surface area contributed by atoms with Gasteiger partial charge in [0.05, 0.1) is 35.4 Å². The van der Waals surface area contributed by atoms with Crippen LogP contribution in [-0.4, -0.2) is 37.3 Å². The van der Waals surface area contributed by atoms with E-state index in [1.165, 1.54) is 47.1 Å². The number of thiophene rings is 1. The standard InChI is InChI=1S/C23H19ClN6O4S2/c1-33-18-4-3-17(29(22(18)31)7-6-14-9-26-13-35-14)16-8-21(27-10-15-2-5-20(24)36-15)30(28-16)23(32)19-11-25-12-34-19/h2-5,8-9,11-13,27H,6-7,10H2,1H3. The second-order valence-corrected chi connectivity index (χ2v) is 10.3. The number of halogens is 1. The molecule has 5 rings (SSSR count). The highest BCUT2D eigenvalue weighted by molar-refractivity contribution is 7.16. The number of thiazole rings is 1. The fourth-order valence-electron chi connectivity index (χ4n) is 3.58. The number of oxazole rings is 1. The smallest absolute Gasteiger partial charge is 0.317 e. The minimum Gasteiger partial charge on any atom is -0.491 e. The molecule has 1 N–H and O–H groups in total. The van der Waals surface area contributed by atoms with E-state index in [0.717, 1.165) is 9.75 Å². The van der Waals surface area contributed by atoms with Crippen LogP contribution >= 0.6 is 34.3 Å². The fourth-order valence-corrected chi connectivity index (χ4v) is 5.20. The summed E-state index contributed by atoms with van der Waals surface area (Å²) >= 11 is 9.00. The van der Waals surface area contributed by atoms with Gasteiger partial charge in [-0.05, 0) is 24.3 Å².